The first-order chi connectivity index (χ1) is 10.1. The number of nitrogens with one attached hydrogen (secondary N) is 1. The van der Waals surface area contributed by atoms with Crippen LogP contribution in [0.4, 0.5) is 11.4 Å². The number of nitro groups is 1. The summed E-state index contributed by atoms with van der Waals surface area (Å²) in [5.41, 5.74) is 2.74. The van der Waals surface area contributed by atoms with Crippen molar-refractivity contribution in [3.8, 4) is 11.5 Å². The van der Waals surface area contributed by atoms with Gasteiger partial charge in [-0.05, 0) is 34.9 Å². The number of para-hydroxylation sites is 1. The van der Waals surface area contributed by atoms with Crippen molar-refractivity contribution in [1.29, 1.82) is 0 Å². The Hall–Kier alpha value is -3.02. The number of rotatable bonds is 2. The van der Waals surface area contributed by atoms with Gasteiger partial charge < -0.3 is 15.5 Å². The van der Waals surface area contributed by atoms with E-state index in [0.29, 0.717) is 12.1 Å². The summed E-state index contributed by atoms with van der Waals surface area (Å²) in [5, 5.41) is 33.3. The number of aromatic hydroxyl groups is 2. The maximum absolute atomic E-state index is 10.9. The number of fused-ring (bicyclic) bond motifs is 1. The molecule has 6 nitrogen and oxygen atoms in total. The van der Waals surface area contributed by atoms with Crippen LogP contribution in [0.5, 0.6) is 11.5 Å². The maximum Gasteiger partial charge on any atom is 0.315 e. The van der Waals surface area contributed by atoms with E-state index in [1.165, 1.54) is 12.1 Å². The molecule has 1 heterocycles. The number of nitro benzene ring substituents is 1. The number of benzene rings is 2. The molecule has 1 aliphatic heterocycles. The molecule has 0 saturated heterocycles. The lowest BCUT2D eigenvalue weighted by Gasteiger charge is -2.19. The van der Waals surface area contributed by atoms with Crippen LogP contribution >= 0.6 is 0 Å². The first-order valence-corrected chi connectivity index (χ1v) is 6.30. The monoisotopic (exact) mass is 284 g/mol. The molecule has 2 aromatic carbocycles. The molecule has 0 fully saturated rings. The SMILES string of the molecule is O=[N+]([O-])c1cc(C2=Cc3ccccc3NC2)cc(O)c1O. The fraction of sp³-hybridized carbons (Fsp3) is 0.0667. The molecule has 0 radical (unpaired) electrons. The van der Waals surface area contributed by atoms with Gasteiger partial charge in [-0.3, -0.25) is 10.1 Å². The second-order valence-corrected chi connectivity index (χ2v) is 4.73. The summed E-state index contributed by atoms with van der Waals surface area (Å²) in [6.45, 7) is 0.485. The summed E-state index contributed by atoms with van der Waals surface area (Å²) in [6, 6.07) is 10.3. The van der Waals surface area contributed by atoms with Crippen LogP contribution in [0.2, 0.25) is 0 Å². The summed E-state index contributed by atoms with van der Waals surface area (Å²) in [4.78, 5) is 10.2. The van der Waals surface area contributed by atoms with Crippen molar-refractivity contribution in [2.45, 2.75) is 0 Å². The lowest BCUT2D eigenvalue weighted by molar-refractivity contribution is -0.386. The van der Waals surface area contributed by atoms with Crippen molar-refractivity contribution in [3.63, 3.8) is 0 Å². The molecule has 1 aliphatic rings. The molecule has 0 saturated carbocycles. The molecule has 21 heavy (non-hydrogen) atoms. The Morgan fingerprint density at radius 3 is 2.71 bits per heavy atom. The van der Waals surface area contributed by atoms with Gasteiger partial charge in [-0.15, -0.1) is 0 Å². The maximum atomic E-state index is 10.9. The van der Waals surface area contributed by atoms with Gasteiger partial charge in [0.1, 0.15) is 0 Å². The van der Waals surface area contributed by atoms with Crippen molar-refractivity contribution in [1.82, 2.24) is 0 Å². The number of phenols is 2. The Labute approximate surface area is 120 Å². The van der Waals surface area contributed by atoms with Crippen LogP contribution in [-0.4, -0.2) is 21.7 Å². The fourth-order valence-electron chi connectivity index (χ4n) is 2.33. The Morgan fingerprint density at radius 1 is 1.19 bits per heavy atom. The molecule has 0 atom stereocenters. The molecule has 2 aromatic rings. The van der Waals surface area contributed by atoms with Gasteiger partial charge in [0.15, 0.2) is 5.75 Å². The molecule has 3 N–H and O–H groups in total. The quantitative estimate of drug-likeness (QED) is 0.447. The van der Waals surface area contributed by atoms with Crippen LogP contribution in [0.25, 0.3) is 11.6 Å². The minimum absolute atomic E-state index is 0.485. The van der Waals surface area contributed by atoms with E-state index < -0.39 is 22.1 Å². The summed E-state index contributed by atoms with van der Waals surface area (Å²) in [6.07, 6.45) is 1.90. The lowest BCUT2D eigenvalue weighted by Crippen LogP contribution is -2.09. The van der Waals surface area contributed by atoms with Gasteiger partial charge >= 0.3 is 5.69 Å². The Morgan fingerprint density at radius 2 is 1.95 bits per heavy atom. The van der Waals surface area contributed by atoms with Crippen molar-refractivity contribution in [2.24, 2.45) is 0 Å². The van der Waals surface area contributed by atoms with Gasteiger partial charge in [-0.2, -0.15) is 0 Å². The zero-order valence-electron chi connectivity index (χ0n) is 10.9. The molecule has 3 rings (SSSR count). The molecule has 0 amide bonds. The van der Waals surface area contributed by atoms with Gasteiger partial charge in [-0.1, -0.05) is 18.2 Å². The predicted molar refractivity (Wildman–Crippen MR) is 79.2 cm³/mol. The van der Waals surface area contributed by atoms with E-state index in [2.05, 4.69) is 5.32 Å². The lowest BCUT2D eigenvalue weighted by atomic mass is 9.97. The summed E-state index contributed by atoms with van der Waals surface area (Å²) in [5.74, 6) is -1.22. The third-order valence-electron chi connectivity index (χ3n) is 3.40. The number of nitrogens with zero attached hydrogens (tertiary/aromatic N) is 1. The van der Waals surface area contributed by atoms with Crippen molar-refractivity contribution in [2.75, 3.05) is 11.9 Å². The number of anilines is 1. The van der Waals surface area contributed by atoms with Crippen molar-refractivity contribution < 1.29 is 15.1 Å². The van der Waals surface area contributed by atoms with Crippen LogP contribution in [0, 0.1) is 10.1 Å². The minimum Gasteiger partial charge on any atom is -0.504 e. The first-order valence-electron chi connectivity index (χ1n) is 6.30. The van der Waals surface area contributed by atoms with Crippen LogP contribution in [-0.2, 0) is 0 Å². The second-order valence-electron chi connectivity index (χ2n) is 4.73. The normalized spacial score (nSPS) is 13.0. The highest BCUT2D eigenvalue weighted by Gasteiger charge is 2.21. The Kier molecular flexibility index (Phi) is 2.98. The minimum atomic E-state index is -0.719. The molecular formula is C15H12N2O4. The predicted octanol–water partition coefficient (Wildman–Crippen LogP) is 2.97. The Balaban J connectivity index is 2.10. The van der Waals surface area contributed by atoms with Crippen molar-refractivity contribution in [3.05, 3.63) is 57.6 Å². The highest BCUT2D eigenvalue weighted by molar-refractivity contribution is 5.91. The summed E-state index contributed by atoms with van der Waals surface area (Å²) >= 11 is 0. The largest absolute Gasteiger partial charge is 0.504 e. The average molecular weight is 284 g/mol. The molecule has 0 spiro atoms. The number of hydrogen-bond acceptors (Lipinski definition) is 5. The van der Waals surface area contributed by atoms with Gasteiger partial charge in [0.05, 0.1) is 4.92 Å². The molecule has 6 heteroatoms. The van der Waals surface area contributed by atoms with Crippen LogP contribution in [0.15, 0.2) is 36.4 Å². The van der Waals surface area contributed by atoms with E-state index in [1.54, 1.807) is 0 Å². The molecule has 0 bridgehead atoms. The first kappa shape index (κ1) is 13.0. The number of phenolic OH excluding ortho intramolecular Hbond substituents is 2. The third-order valence-corrected chi connectivity index (χ3v) is 3.40. The molecule has 106 valence electrons. The molecule has 0 aliphatic carbocycles. The third kappa shape index (κ3) is 2.27. The zero-order valence-corrected chi connectivity index (χ0v) is 10.9. The smallest absolute Gasteiger partial charge is 0.315 e. The molecule has 0 aromatic heterocycles. The highest BCUT2D eigenvalue weighted by atomic mass is 16.6. The Bertz CT molecular complexity index is 768. The second kappa shape index (κ2) is 4.82. The topological polar surface area (TPSA) is 95.6 Å². The molecular weight excluding hydrogens is 272 g/mol. The van der Waals surface area contributed by atoms with E-state index >= 15 is 0 Å². The highest BCUT2D eigenvalue weighted by Crippen LogP contribution is 2.39. The van der Waals surface area contributed by atoms with E-state index in [-0.39, 0.29) is 0 Å². The van der Waals surface area contributed by atoms with Crippen molar-refractivity contribution >= 4 is 23.0 Å². The van der Waals surface area contributed by atoms with Crippen LogP contribution < -0.4 is 5.32 Å². The van der Waals surface area contributed by atoms with Gasteiger partial charge in [-0.25, -0.2) is 0 Å². The van der Waals surface area contributed by atoms with Gasteiger partial charge in [0, 0.05) is 18.3 Å². The van der Waals surface area contributed by atoms with Gasteiger partial charge in [0.25, 0.3) is 0 Å². The summed E-state index contributed by atoms with van der Waals surface area (Å²) < 4.78 is 0. The molecule has 0 unspecified atom stereocenters. The number of hydrogen-bond donors (Lipinski definition) is 3. The van der Waals surface area contributed by atoms with Gasteiger partial charge in [0.2, 0.25) is 5.75 Å². The van der Waals surface area contributed by atoms with E-state index in [0.717, 1.165) is 16.8 Å². The van der Waals surface area contributed by atoms with E-state index in [9.17, 15) is 20.3 Å². The average Bonchev–Trinajstić information content (AvgIpc) is 2.49. The fourth-order valence-corrected chi connectivity index (χ4v) is 2.33. The van der Waals surface area contributed by atoms with Crippen LogP contribution in [0.3, 0.4) is 0 Å². The van der Waals surface area contributed by atoms with E-state index in [4.69, 9.17) is 0 Å². The summed E-state index contributed by atoms with van der Waals surface area (Å²) in [7, 11) is 0. The van der Waals surface area contributed by atoms with E-state index in [1.807, 2.05) is 30.3 Å². The zero-order chi connectivity index (χ0) is 15.0. The van der Waals surface area contributed by atoms with Crippen LogP contribution in [0.1, 0.15) is 11.1 Å². The standard InChI is InChI=1S/C15H12N2O4/c18-14-7-10(6-13(15(14)19)17(20)21)11-5-9-3-1-2-4-12(9)16-8-11/h1-7,16,18-19H,8H2.